The highest BCUT2D eigenvalue weighted by molar-refractivity contribution is 6.08. The van der Waals surface area contributed by atoms with E-state index in [9.17, 15) is 13.6 Å². The second-order valence-electron chi connectivity index (χ2n) is 6.65. The van der Waals surface area contributed by atoms with E-state index in [-0.39, 0.29) is 28.3 Å². The highest BCUT2D eigenvalue weighted by atomic mass is 19.1. The molecule has 3 aromatic heterocycles. The molecule has 0 aliphatic rings. The third-order valence-electron chi connectivity index (χ3n) is 4.62. The predicted octanol–water partition coefficient (Wildman–Crippen LogP) is 4.19. The molecule has 4 aromatic rings. The molecule has 9 heteroatoms. The van der Waals surface area contributed by atoms with Crippen LogP contribution in [0.2, 0.25) is 0 Å². The Bertz CT molecular complexity index is 1360. The molecule has 1 aromatic carbocycles. The van der Waals surface area contributed by atoms with Gasteiger partial charge in [-0.25, -0.2) is 18.7 Å². The Balaban J connectivity index is 1.71. The number of nitrogens with zero attached hydrogens (tertiary/aromatic N) is 4. The van der Waals surface area contributed by atoms with Gasteiger partial charge in [-0.2, -0.15) is 5.26 Å². The van der Waals surface area contributed by atoms with Gasteiger partial charge in [0.2, 0.25) is 0 Å². The maximum atomic E-state index is 14.2. The van der Waals surface area contributed by atoms with Crippen molar-refractivity contribution >= 4 is 17.3 Å². The molecule has 1 amide bonds. The van der Waals surface area contributed by atoms with Crippen LogP contribution >= 0.6 is 0 Å². The van der Waals surface area contributed by atoms with Crippen LogP contribution in [0.5, 0.6) is 0 Å². The first kappa shape index (κ1) is 20.6. The topological polar surface area (TPSA) is 118 Å². The largest absolute Gasteiger partial charge is 0.397 e. The zero-order valence-corrected chi connectivity index (χ0v) is 16.4. The zero-order chi connectivity index (χ0) is 22.7. The highest BCUT2D eigenvalue weighted by Gasteiger charge is 2.19. The van der Waals surface area contributed by atoms with Crippen molar-refractivity contribution in [3.05, 3.63) is 90.1 Å². The van der Waals surface area contributed by atoms with Crippen molar-refractivity contribution in [2.24, 2.45) is 0 Å². The number of halogens is 2. The third kappa shape index (κ3) is 3.97. The average molecular weight is 428 g/mol. The van der Waals surface area contributed by atoms with Gasteiger partial charge >= 0.3 is 0 Å². The van der Waals surface area contributed by atoms with Crippen LogP contribution in [0.4, 0.5) is 20.2 Å². The molecule has 0 bridgehead atoms. The number of nitrogen functional groups attached to an aromatic ring is 1. The van der Waals surface area contributed by atoms with Crippen molar-refractivity contribution in [2.45, 2.75) is 0 Å². The van der Waals surface area contributed by atoms with Crippen LogP contribution in [0.15, 0.2) is 67.1 Å². The fourth-order valence-electron chi connectivity index (χ4n) is 3.12. The van der Waals surface area contributed by atoms with Crippen molar-refractivity contribution < 1.29 is 13.6 Å². The number of rotatable bonds is 4. The number of carbonyl (C=O) groups is 1. The molecule has 7 nitrogen and oxygen atoms in total. The molecule has 156 valence electrons. The van der Waals surface area contributed by atoms with Gasteiger partial charge in [-0.15, -0.1) is 0 Å². The summed E-state index contributed by atoms with van der Waals surface area (Å²) in [4.78, 5) is 25.0. The fraction of sp³-hybridized carbons (Fsp3) is 0. The first-order valence-corrected chi connectivity index (χ1v) is 9.30. The van der Waals surface area contributed by atoms with Crippen LogP contribution in [-0.4, -0.2) is 20.9 Å². The van der Waals surface area contributed by atoms with Crippen molar-refractivity contribution in [1.29, 1.82) is 5.26 Å². The van der Waals surface area contributed by atoms with Crippen LogP contribution in [0.3, 0.4) is 0 Å². The van der Waals surface area contributed by atoms with E-state index in [0.717, 1.165) is 12.1 Å². The molecule has 32 heavy (non-hydrogen) atoms. The van der Waals surface area contributed by atoms with Crippen molar-refractivity contribution in [3.8, 4) is 28.5 Å². The Morgan fingerprint density at radius 2 is 1.84 bits per heavy atom. The number of carbonyl (C=O) groups excluding carboxylic acids is 1. The monoisotopic (exact) mass is 428 g/mol. The molecule has 0 spiro atoms. The average Bonchev–Trinajstić information content (AvgIpc) is 2.80. The molecule has 0 saturated heterocycles. The molecular weight excluding hydrogens is 414 g/mol. The number of amides is 1. The normalized spacial score (nSPS) is 10.4. The van der Waals surface area contributed by atoms with E-state index in [1.54, 1.807) is 18.2 Å². The fourth-order valence-corrected chi connectivity index (χ4v) is 3.12. The molecule has 0 atom stereocenters. The molecule has 0 aliphatic heterocycles. The highest BCUT2D eigenvalue weighted by Crippen LogP contribution is 2.29. The van der Waals surface area contributed by atoms with E-state index in [1.165, 1.54) is 36.8 Å². The minimum atomic E-state index is -0.811. The summed E-state index contributed by atoms with van der Waals surface area (Å²) in [5, 5.41) is 11.8. The molecule has 3 heterocycles. The van der Waals surface area contributed by atoms with Gasteiger partial charge in [0.05, 0.1) is 28.8 Å². The Labute approximate surface area is 181 Å². The number of hydrogen-bond acceptors (Lipinski definition) is 6. The van der Waals surface area contributed by atoms with Gasteiger partial charge in [-0.05, 0) is 48.0 Å². The van der Waals surface area contributed by atoms with Gasteiger partial charge in [0, 0.05) is 18.0 Å². The van der Waals surface area contributed by atoms with Crippen molar-refractivity contribution in [1.82, 2.24) is 15.0 Å². The van der Waals surface area contributed by atoms with Crippen LogP contribution in [-0.2, 0) is 0 Å². The predicted molar refractivity (Wildman–Crippen MR) is 114 cm³/mol. The van der Waals surface area contributed by atoms with Gasteiger partial charge in [-0.1, -0.05) is 6.07 Å². The van der Waals surface area contributed by atoms with Gasteiger partial charge in [0.25, 0.3) is 5.91 Å². The first-order valence-electron chi connectivity index (χ1n) is 9.30. The van der Waals surface area contributed by atoms with E-state index in [4.69, 9.17) is 11.0 Å². The van der Waals surface area contributed by atoms with Crippen LogP contribution in [0.1, 0.15) is 16.2 Å². The molecule has 0 fully saturated rings. The second-order valence-corrected chi connectivity index (χ2v) is 6.65. The summed E-state index contributed by atoms with van der Waals surface area (Å²) >= 11 is 0. The van der Waals surface area contributed by atoms with E-state index >= 15 is 0 Å². The SMILES string of the molecule is N#Cc1cc(-c2ccncc2NC(=O)c2nc(-c3c(F)cccc3F)ccc2N)ccn1. The zero-order valence-electron chi connectivity index (χ0n) is 16.4. The number of anilines is 2. The maximum absolute atomic E-state index is 14.2. The van der Waals surface area contributed by atoms with E-state index < -0.39 is 17.5 Å². The maximum Gasteiger partial charge on any atom is 0.276 e. The number of aromatic nitrogens is 3. The molecule has 0 radical (unpaired) electrons. The number of nitriles is 1. The lowest BCUT2D eigenvalue weighted by molar-refractivity contribution is 0.102. The van der Waals surface area contributed by atoms with Gasteiger partial charge < -0.3 is 11.1 Å². The summed E-state index contributed by atoms with van der Waals surface area (Å²) in [7, 11) is 0. The van der Waals surface area contributed by atoms with Crippen LogP contribution in [0.25, 0.3) is 22.4 Å². The molecule has 0 saturated carbocycles. The Hall–Kier alpha value is -4.71. The minimum Gasteiger partial charge on any atom is -0.397 e. The lowest BCUT2D eigenvalue weighted by Crippen LogP contribution is -2.17. The number of nitrogens with one attached hydrogen (secondary N) is 1. The lowest BCUT2D eigenvalue weighted by Gasteiger charge is -2.13. The smallest absolute Gasteiger partial charge is 0.276 e. The number of hydrogen-bond donors (Lipinski definition) is 2. The summed E-state index contributed by atoms with van der Waals surface area (Å²) < 4.78 is 28.3. The van der Waals surface area contributed by atoms with Gasteiger partial charge in [0.15, 0.2) is 5.69 Å². The molecule has 4 rings (SSSR count). The van der Waals surface area contributed by atoms with Crippen LogP contribution < -0.4 is 11.1 Å². The van der Waals surface area contributed by atoms with E-state index in [1.807, 2.05) is 6.07 Å². The number of nitrogens with two attached hydrogens (primary N) is 1. The Morgan fingerprint density at radius 3 is 2.59 bits per heavy atom. The molecule has 0 aliphatic carbocycles. The summed E-state index contributed by atoms with van der Waals surface area (Å²) in [5.41, 5.74) is 7.08. The third-order valence-corrected chi connectivity index (χ3v) is 4.62. The summed E-state index contributed by atoms with van der Waals surface area (Å²) in [6, 6.07) is 13.0. The Morgan fingerprint density at radius 1 is 1.06 bits per heavy atom. The molecular formula is C23H14F2N6O. The van der Waals surface area contributed by atoms with Gasteiger partial charge in [0.1, 0.15) is 23.4 Å². The quantitative estimate of drug-likeness (QED) is 0.503. The summed E-state index contributed by atoms with van der Waals surface area (Å²) in [6.45, 7) is 0. The van der Waals surface area contributed by atoms with Crippen molar-refractivity contribution in [2.75, 3.05) is 11.1 Å². The summed E-state index contributed by atoms with van der Waals surface area (Å²) in [6.07, 6.45) is 4.44. The Kier molecular flexibility index (Phi) is 5.51. The second kappa shape index (κ2) is 8.57. The molecule has 3 N–H and O–H groups in total. The van der Waals surface area contributed by atoms with E-state index in [0.29, 0.717) is 16.8 Å². The van der Waals surface area contributed by atoms with Crippen molar-refractivity contribution in [3.63, 3.8) is 0 Å². The lowest BCUT2D eigenvalue weighted by atomic mass is 10.1. The van der Waals surface area contributed by atoms with E-state index in [2.05, 4.69) is 20.3 Å². The molecule has 0 unspecified atom stereocenters. The standard InChI is InChI=1S/C23H14F2N6O/c24-16-2-1-3-17(25)21(16)19-5-4-18(27)22(30-19)23(32)31-20-12-28-8-7-15(20)13-6-9-29-14(10-13)11-26/h1-10,12H,27H2,(H,31,32). The first-order chi connectivity index (χ1) is 15.5. The number of pyridine rings is 3. The minimum absolute atomic E-state index is 0.0316. The van der Waals surface area contributed by atoms with Crippen LogP contribution in [0, 0.1) is 23.0 Å². The van der Waals surface area contributed by atoms with Gasteiger partial charge in [-0.3, -0.25) is 9.78 Å². The number of benzene rings is 1. The summed E-state index contributed by atoms with van der Waals surface area (Å²) in [5.74, 6) is -2.31.